The first-order chi connectivity index (χ1) is 12.6. The van der Waals surface area contributed by atoms with Crippen LogP contribution in [-0.4, -0.2) is 6.10 Å². The zero-order valence-electron chi connectivity index (χ0n) is 16.1. The van der Waals surface area contributed by atoms with Crippen LogP contribution in [0.15, 0.2) is 41.0 Å². The molecule has 3 unspecified atom stereocenters. The van der Waals surface area contributed by atoms with Crippen molar-refractivity contribution < 1.29 is 9.15 Å². The van der Waals surface area contributed by atoms with Crippen LogP contribution in [0.5, 0.6) is 0 Å². The molecule has 1 aromatic heterocycles. The Morgan fingerprint density at radius 1 is 1.04 bits per heavy atom. The van der Waals surface area contributed by atoms with Gasteiger partial charge < -0.3 is 9.15 Å². The van der Waals surface area contributed by atoms with Crippen LogP contribution in [-0.2, 0) is 29.6 Å². The van der Waals surface area contributed by atoms with Gasteiger partial charge in [-0.1, -0.05) is 50.6 Å². The zero-order valence-corrected chi connectivity index (χ0v) is 16.1. The number of benzene rings is 1. The van der Waals surface area contributed by atoms with Crippen molar-refractivity contribution in [1.29, 1.82) is 0 Å². The van der Waals surface area contributed by atoms with Crippen LogP contribution in [0.2, 0.25) is 0 Å². The smallest absolute Gasteiger partial charge is 0.116 e. The largest absolute Gasteiger partial charge is 0.468 e. The summed E-state index contributed by atoms with van der Waals surface area (Å²) >= 11 is 0. The summed E-state index contributed by atoms with van der Waals surface area (Å²) in [7, 11) is 0. The molecule has 138 valence electrons. The molecule has 2 saturated carbocycles. The number of rotatable bonds is 4. The number of aryl methyl sites for hydroxylation is 1. The second kappa shape index (κ2) is 5.99. The SMILES string of the molecule is CC1(C)CC2CC2(c2occ3c2CCCCC3)C1OCc1ccccc1. The molecular weight excluding hydrogens is 320 g/mol. The number of ether oxygens (including phenoxy) is 1. The van der Waals surface area contributed by atoms with Crippen LogP contribution in [0.25, 0.3) is 0 Å². The quantitative estimate of drug-likeness (QED) is 0.648. The van der Waals surface area contributed by atoms with Crippen molar-refractivity contribution in [1.82, 2.24) is 0 Å². The van der Waals surface area contributed by atoms with Crippen LogP contribution in [0.3, 0.4) is 0 Å². The van der Waals surface area contributed by atoms with Crippen molar-refractivity contribution in [2.75, 3.05) is 0 Å². The first-order valence-electron chi connectivity index (χ1n) is 10.4. The van der Waals surface area contributed by atoms with Gasteiger partial charge in [0.15, 0.2) is 0 Å². The molecule has 3 aliphatic carbocycles. The molecule has 1 heterocycles. The predicted molar refractivity (Wildman–Crippen MR) is 103 cm³/mol. The van der Waals surface area contributed by atoms with E-state index >= 15 is 0 Å². The standard InChI is InChI=1S/C24H30O2/c1-23(2)13-19-14-24(19,22(23)26-15-17-9-5-3-6-10-17)21-20-12-8-4-7-11-18(20)16-25-21/h3,5-6,9-10,16,19,22H,4,7-8,11-15H2,1-2H3. The summed E-state index contributed by atoms with van der Waals surface area (Å²) in [6.45, 7) is 5.47. The first kappa shape index (κ1) is 16.6. The van der Waals surface area contributed by atoms with Crippen molar-refractivity contribution in [2.24, 2.45) is 11.3 Å². The Bertz CT molecular complexity index is 788. The highest BCUT2D eigenvalue weighted by Gasteiger charge is 2.72. The lowest BCUT2D eigenvalue weighted by Crippen LogP contribution is -2.38. The van der Waals surface area contributed by atoms with Crippen LogP contribution in [0.4, 0.5) is 0 Å². The van der Waals surface area contributed by atoms with E-state index in [1.54, 1.807) is 0 Å². The molecule has 0 radical (unpaired) electrons. The third-order valence-corrected chi connectivity index (χ3v) is 7.14. The molecule has 2 fully saturated rings. The minimum Gasteiger partial charge on any atom is -0.468 e. The predicted octanol–water partition coefficient (Wildman–Crippen LogP) is 5.82. The van der Waals surface area contributed by atoms with E-state index in [1.807, 2.05) is 0 Å². The minimum absolute atomic E-state index is 0.135. The van der Waals surface area contributed by atoms with Gasteiger partial charge in [-0.2, -0.15) is 0 Å². The van der Waals surface area contributed by atoms with Crippen molar-refractivity contribution in [3.8, 4) is 0 Å². The van der Waals surface area contributed by atoms with E-state index in [0.29, 0.717) is 6.61 Å². The van der Waals surface area contributed by atoms with E-state index in [0.717, 1.165) is 5.92 Å². The van der Waals surface area contributed by atoms with Gasteiger partial charge in [-0.3, -0.25) is 0 Å². The summed E-state index contributed by atoms with van der Waals surface area (Å²) < 4.78 is 12.9. The zero-order chi connectivity index (χ0) is 17.8. The first-order valence-corrected chi connectivity index (χ1v) is 10.4. The highest BCUT2D eigenvalue weighted by molar-refractivity contribution is 5.43. The van der Waals surface area contributed by atoms with Crippen LogP contribution in [0, 0.1) is 11.3 Å². The van der Waals surface area contributed by atoms with Crippen LogP contribution >= 0.6 is 0 Å². The average molecular weight is 351 g/mol. The molecule has 5 rings (SSSR count). The van der Waals surface area contributed by atoms with Crippen LogP contribution < -0.4 is 0 Å². The third kappa shape index (κ3) is 2.49. The fraction of sp³-hybridized carbons (Fsp3) is 0.583. The highest BCUT2D eigenvalue weighted by Crippen LogP contribution is 2.71. The summed E-state index contributed by atoms with van der Waals surface area (Å²) in [4.78, 5) is 0. The molecule has 2 aromatic rings. The maximum absolute atomic E-state index is 6.65. The number of hydrogen-bond donors (Lipinski definition) is 0. The summed E-state index contributed by atoms with van der Waals surface area (Å²) in [6, 6.07) is 10.6. The summed E-state index contributed by atoms with van der Waals surface area (Å²) in [5.74, 6) is 2.03. The van der Waals surface area contributed by atoms with Gasteiger partial charge in [0.05, 0.1) is 24.4 Å². The molecule has 2 nitrogen and oxygen atoms in total. The maximum Gasteiger partial charge on any atom is 0.116 e. The van der Waals surface area contributed by atoms with Crippen molar-refractivity contribution in [3.63, 3.8) is 0 Å². The van der Waals surface area contributed by atoms with E-state index in [2.05, 4.69) is 50.4 Å². The lowest BCUT2D eigenvalue weighted by Gasteiger charge is -2.34. The molecule has 2 heteroatoms. The normalized spacial score (nSPS) is 31.9. The second-order valence-electron chi connectivity index (χ2n) is 9.44. The Kier molecular flexibility index (Phi) is 3.83. The van der Waals surface area contributed by atoms with Gasteiger partial charge in [-0.05, 0) is 66.5 Å². The molecule has 0 spiro atoms. The van der Waals surface area contributed by atoms with Gasteiger partial charge in [-0.25, -0.2) is 0 Å². The van der Waals surface area contributed by atoms with Crippen molar-refractivity contribution in [3.05, 3.63) is 59.0 Å². The van der Waals surface area contributed by atoms with Gasteiger partial charge in [0, 0.05) is 0 Å². The molecule has 3 aliphatic rings. The van der Waals surface area contributed by atoms with E-state index in [1.165, 1.54) is 67.4 Å². The Labute approximate surface area is 156 Å². The van der Waals surface area contributed by atoms with Crippen molar-refractivity contribution in [2.45, 2.75) is 76.9 Å². The molecular formula is C24H30O2. The average Bonchev–Trinajstić information content (AvgIpc) is 3.18. The van der Waals surface area contributed by atoms with Crippen molar-refractivity contribution >= 4 is 0 Å². The molecule has 0 saturated heterocycles. The molecule has 26 heavy (non-hydrogen) atoms. The molecule has 1 aromatic carbocycles. The van der Waals surface area contributed by atoms with Gasteiger partial charge in [0.2, 0.25) is 0 Å². The number of furan rings is 1. The molecule has 3 atom stereocenters. The highest BCUT2D eigenvalue weighted by atomic mass is 16.5. The topological polar surface area (TPSA) is 22.4 Å². The second-order valence-corrected chi connectivity index (χ2v) is 9.44. The third-order valence-electron chi connectivity index (χ3n) is 7.14. The summed E-state index contributed by atoms with van der Waals surface area (Å²) in [5.41, 5.74) is 4.62. The number of fused-ring (bicyclic) bond motifs is 2. The molecule has 0 aliphatic heterocycles. The van der Waals surface area contributed by atoms with Crippen LogP contribution in [0.1, 0.15) is 68.4 Å². The fourth-order valence-corrected chi connectivity index (χ4v) is 5.98. The van der Waals surface area contributed by atoms with E-state index in [9.17, 15) is 0 Å². The number of hydrogen-bond acceptors (Lipinski definition) is 2. The maximum atomic E-state index is 6.65. The summed E-state index contributed by atoms with van der Waals surface area (Å²) in [6.07, 6.45) is 11.2. The lowest BCUT2D eigenvalue weighted by atomic mass is 9.79. The van der Waals surface area contributed by atoms with Gasteiger partial charge >= 0.3 is 0 Å². The Morgan fingerprint density at radius 3 is 2.69 bits per heavy atom. The molecule has 0 amide bonds. The monoisotopic (exact) mass is 350 g/mol. The Morgan fingerprint density at radius 2 is 1.85 bits per heavy atom. The van der Waals surface area contributed by atoms with E-state index in [4.69, 9.17) is 9.15 Å². The Balaban J connectivity index is 1.46. The van der Waals surface area contributed by atoms with Gasteiger partial charge in [-0.15, -0.1) is 0 Å². The van der Waals surface area contributed by atoms with E-state index < -0.39 is 0 Å². The Hall–Kier alpha value is -1.54. The lowest BCUT2D eigenvalue weighted by molar-refractivity contribution is -0.0459. The van der Waals surface area contributed by atoms with E-state index in [-0.39, 0.29) is 16.9 Å². The van der Waals surface area contributed by atoms with Gasteiger partial charge in [0.25, 0.3) is 0 Å². The minimum atomic E-state index is 0.135. The fourth-order valence-electron chi connectivity index (χ4n) is 5.98. The summed E-state index contributed by atoms with van der Waals surface area (Å²) in [5, 5.41) is 0. The molecule has 0 N–H and O–H groups in total. The molecule has 0 bridgehead atoms. The van der Waals surface area contributed by atoms with Gasteiger partial charge in [0.1, 0.15) is 5.76 Å².